The van der Waals surface area contributed by atoms with Crippen LogP contribution < -0.4 is 0 Å². The van der Waals surface area contributed by atoms with Crippen LogP contribution in [0.2, 0.25) is 0 Å². The van der Waals surface area contributed by atoms with Gasteiger partial charge in [-0.3, -0.25) is 9.88 Å². The van der Waals surface area contributed by atoms with Crippen LogP contribution in [-0.4, -0.2) is 34.2 Å². The predicted octanol–water partition coefficient (Wildman–Crippen LogP) is 2.58. The highest BCUT2D eigenvalue weighted by Crippen LogP contribution is 2.23. The Kier molecular flexibility index (Phi) is 4.95. The fraction of sp³-hybridized carbons (Fsp3) is 0.615. The number of halogens is 1. The summed E-state index contributed by atoms with van der Waals surface area (Å²) >= 11 is 3.45. The quantitative estimate of drug-likeness (QED) is 0.908. The normalized spacial score (nSPS) is 20.9. The molecule has 0 aromatic carbocycles. The SMILES string of the molecule is OCCCC1CCCN1Cc1cncc(Br)c1. The number of likely N-dealkylation sites (tertiary alicyclic amines) is 1. The van der Waals surface area contributed by atoms with E-state index in [0.717, 1.165) is 23.9 Å². The molecule has 94 valence electrons. The molecule has 0 bridgehead atoms. The highest BCUT2D eigenvalue weighted by Gasteiger charge is 2.23. The zero-order valence-electron chi connectivity index (χ0n) is 9.98. The van der Waals surface area contributed by atoms with Crippen LogP contribution in [0.1, 0.15) is 31.2 Å². The van der Waals surface area contributed by atoms with Crippen LogP contribution in [0.5, 0.6) is 0 Å². The maximum Gasteiger partial charge on any atom is 0.0431 e. The maximum atomic E-state index is 8.90. The molecule has 1 fully saturated rings. The summed E-state index contributed by atoms with van der Waals surface area (Å²) in [5, 5.41) is 8.90. The van der Waals surface area contributed by atoms with E-state index < -0.39 is 0 Å². The zero-order valence-corrected chi connectivity index (χ0v) is 11.6. The summed E-state index contributed by atoms with van der Waals surface area (Å²) in [7, 11) is 0. The van der Waals surface area contributed by atoms with Crippen LogP contribution in [0.4, 0.5) is 0 Å². The molecule has 0 radical (unpaired) electrons. The van der Waals surface area contributed by atoms with Gasteiger partial charge < -0.3 is 5.11 Å². The summed E-state index contributed by atoms with van der Waals surface area (Å²) in [6.07, 6.45) is 8.32. The van der Waals surface area contributed by atoms with Gasteiger partial charge in [-0.1, -0.05) is 0 Å². The molecule has 1 unspecified atom stereocenters. The van der Waals surface area contributed by atoms with E-state index in [1.807, 2.05) is 12.4 Å². The molecular formula is C13H19BrN2O. The second kappa shape index (κ2) is 6.47. The fourth-order valence-electron chi connectivity index (χ4n) is 2.53. The minimum absolute atomic E-state index is 0.308. The van der Waals surface area contributed by atoms with Crippen molar-refractivity contribution in [1.82, 2.24) is 9.88 Å². The van der Waals surface area contributed by atoms with Gasteiger partial charge in [0.2, 0.25) is 0 Å². The first-order valence-electron chi connectivity index (χ1n) is 6.24. The summed E-state index contributed by atoms with van der Waals surface area (Å²) in [4.78, 5) is 6.71. The third kappa shape index (κ3) is 3.76. The Morgan fingerprint density at radius 2 is 2.35 bits per heavy atom. The molecule has 3 nitrogen and oxygen atoms in total. The number of aliphatic hydroxyl groups is 1. The van der Waals surface area contributed by atoms with Crippen molar-refractivity contribution in [3.63, 3.8) is 0 Å². The smallest absolute Gasteiger partial charge is 0.0431 e. The average molecular weight is 299 g/mol. The molecule has 1 aromatic rings. The summed E-state index contributed by atoms with van der Waals surface area (Å²) in [5.74, 6) is 0. The van der Waals surface area contributed by atoms with Crippen molar-refractivity contribution in [3.05, 3.63) is 28.5 Å². The van der Waals surface area contributed by atoms with Crippen molar-refractivity contribution in [3.8, 4) is 0 Å². The summed E-state index contributed by atoms with van der Waals surface area (Å²) in [6, 6.07) is 2.77. The van der Waals surface area contributed by atoms with Crippen LogP contribution in [0.3, 0.4) is 0 Å². The molecule has 0 amide bonds. The van der Waals surface area contributed by atoms with Crippen molar-refractivity contribution in [2.24, 2.45) is 0 Å². The molecule has 1 atom stereocenters. The summed E-state index contributed by atoms with van der Waals surface area (Å²) < 4.78 is 1.04. The standard InChI is InChI=1S/C13H19BrN2O/c14-12-7-11(8-15-9-12)10-16-5-1-3-13(16)4-2-6-17/h7-9,13,17H,1-6,10H2. The highest BCUT2D eigenvalue weighted by atomic mass is 79.9. The number of aromatic nitrogens is 1. The zero-order chi connectivity index (χ0) is 12.1. The fourth-order valence-corrected chi connectivity index (χ4v) is 2.95. The molecular weight excluding hydrogens is 280 g/mol. The molecule has 0 aliphatic carbocycles. The van der Waals surface area contributed by atoms with Gasteiger partial charge in [0.25, 0.3) is 0 Å². The molecule has 1 saturated heterocycles. The van der Waals surface area contributed by atoms with Gasteiger partial charge in [0.15, 0.2) is 0 Å². The van der Waals surface area contributed by atoms with E-state index in [1.54, 1.807) is 0 Å². The molecule has 1 N–H and O–H groups in total. The lowest BCUT2D eigenvalue weighted by Gasteiger charge is -2.24. The second-order valence-electron chi connectivity index (χ2n) is 4.64. The van der Waals surface area contributed by atoms with E-state index in [-0.39, 0.29) is 0 Å². The lowest BCUT2D eigenvalue weighted by atomic mass is 10.1. The number of rotatable bonds is 5. The minimum Gasteiger partial charge on any atom is -0.396 e. The molecule has 2 heterocycles. The number of hydrogen-bond donors (Lipinski definition) is 1. The van der Waals surface area contributed by atoms with Crippen molar-refractivity contribution in [1.29, 1.82) is 0 Å². The van der Waals surface area contributed by atoms with Crippen LogP contribution in [0.25, 0.3) is 0 Å². The van der Waals surface area contributed by atoms with E-state index in [0.29, 0.717) is 12.6 Å². The number of nitrogens with zero attached hydrogens (tertiary/aromatic N) is 2. The Morgan fingerprint density at radius 1 is 1.47 bits per heavy atom. The van der Waals surface area contributed by atoms with Crippen molar-refractivity contribution in [2.75, 3.05) is 13.2 Å². The number of hydrogen-bond acceptors (Lipinski definition) is 3. The van der Waals surface area contributed by atoms with E-state index in [2.05, 4.69) is 31.9 Å². The first-order chi connectivity index (χ1) is 8.29. The topological polar surface area (TPSA) is 36.4 Å². The van der Waals surface area contributed by atoms with Gasteiger partial charge in [0.1, 0.15) is 0 Å². The van der Waals surface area contributed by atoms with Crippen LogP contribution in [0, 0.1) is 0 Å². The Labute approximate surface area is 111 Å². The molecule has 1 aromatic heterocycles. The largest absolute Gasteiger partial charge is 0.396 e. The molecule has 1 aliphatic heterocycles. The second-order valence-corrected chi connectivity index (χ2v) is 5.56. The van der Waals surface area contributed by atoms with Crippen molar-refractivity contribution < 1.29 is 5.11 Å². The van der Waals surface area contributed by atoms with Gasteiger partial charge in [-0.15, -0.1) is 0 Å². The van der Waals surface area contributed by atoms with Gasteiger partial charge in [-0.25, -0.2) is 0 Å². The van der Waals surface area contributed by atoms with E-state index >= 15 is 0 Å². The van der Waals surface area contributed by atoms with Crippen molar-refractivity contribution in [2.45, 2.75) is 38.3 Å². The molecule has 0 saturated carbocycles. The number of pyridine rings is 1. The van der Waals surface area contributed by atoms with E-state index in [9.17, 15) is 0 Å². The average Bonchev–Trinajstić information content (AvgIpc) is 2.74. The van der Waals surface area contributed by atoms with Gasteiger partial charge >= 0.3 is 0 Å². The monoisotopic (exact) mass is 298 g/mol. The van der Waals surface area contributed by atoms with Gasteiger partial charge in [0, 0.05) is 36.1 Å². The van der Waals surface area contributed by atoms with Crippen LogP contribution >= 0.6 is 15.9 Å². The Balaban J connectivity index is 1.93. The summed E-state index contributed by atoms with van der Waals surface area (Å²) in [6.45, 7) is 2.45. The third-order valence-corrected chi connectivity index (χ3v) is 3.78. The van der Waals surface area contributed by atoms with E-state index in [1.165, 1.54) is 24.9 Å². The van der Waals surface area contributed by atoms with Crippen molar-refractivity contribution >= 4 is 15.9 Å². The van der Waals surface area contributed by atoms with Crippen LogP contribution in [0.15, 0.2) is 22.9 Å². The van der Waals surface area contributed by atoms with Crippen LogP contribution in [-0.2, 0) is 6.54 Å². The third-order valence-electron chi connectivity index (χ3n) is 3.34. The molecule has 4 heteroatoms. The van der Waals surface area contributed by atoms with E-state index in [4.69, 9.17) is 5.11 Å². The first kappa shape index (κ1) is 13.0. The molecule has 2 rings (SSSR count). The van der Waals surface area contributed by atoms with Gasteiger partial charge in [-0.05, 0) is 59.8 Å². The molecule has 0 spiro atoms. The first-order valence-corrected chi connectivity index (χ1v) is 7.03. The Morgan fingerprint density at radius 3 is 3.12 bits per heavy atom. The Bertz CT molecular complexity index is 359. The molecule has 1 aliphatic rings. The maximum absolute atomic E-state index is 8.90. The molecule has 17 heavy (non-hydrogen) atoms. The Hall–Kier alpha value is -0.450. The van der Waals surface area contributed by atoms with Gasteiger partial charge in [0.05, 0.1) is 0 Å². The number of aliphatic hydroxyl groups excluding tert-OH is 1. The lowest BCUT2D eigenvalue weighted by Crippen LogP contribution is -2.29. The summed E-state index contributed by atoms with van der Waals surface area (Å²) in [5.41, 5.74) is 1.26. The van der Waals surface area contributed by atoms with Gasteiger partial charge in [-0.2, -0.15) is 0 Å². The minimum atomic E-state index is 0.308. The predicted molar refractivity (Wildman–Crippen MR) is 71.7 cm³/mol. The lowest BCUT2D eigenvalue weighted by molar-refractivity contribution is 0.210. The highest BCUT2D eigenvalue weighted by molar-refractivity contribution is 9.10.